The van der Waals surface area contributed by atoms with Gasteiger partial charge in [0.25, 0.3) is 0 Å². The van der Waals surface area contributed by atoms with Gasteiger partial charge in [-0.25, -0.2) is 0 Å². The Morgan fingerprint density at radius 2 is 0.967 bits per heavy atom. The van der Waals surface area contributed by atoms with Crippen molar-refractivity contribution in [2.24, 2.45) is 0 Å². The second-order valence-corrected chi connectivity index (χ2v) is 7.99. The molecule has 0 spiro atoms. The van der Waals surface area contributed by atoms with E-state index < -0.39 is 11.9 Å². The van der Waals surface area contributed by atoms with Crippen LogP contribution in [0, 0.1) is 0 Å². The molecule has 174 valence electrons. The van der Waals surface area contributed by atoms with Crippen molar-refractivity contribution in [3.63, 3.8) is 0 Å². The number of hydrogen-bond donors (Lipinski definition) is 0. The molecule has 0 unspecified atom stereocenters. The van der Waals surface area contributed by atoms with E-state index in [4.69, 9.17) is 4.74 Å². The van der Waals surface area contributed by atoms with E-state index in [2.05, 4.69) is 11.7 Å². The number of ether oxygens (including phenoxy) is 2. The maximum atomic E-state index is 11.6. The molecule has 0 saturated heterocycles. The molecule has 0 aliphatic carbocycles. The molecule has 0 bridgehead atoms. The van der Waals surface area contributed by atoms with E-state index in [1.807, 2.05) is 0 Å². The third-order valence-corrected chi connectivity index (χ3v) is 5.03. The Labute approximate surface area is 214 Å². The molecule has 0 fully saturated rings. The van der Waals surface area contributed by atoms with Crippen molar-refractivity contribution >= 4 is 55.6 Å². The molecule has 0 aliphatic rings. The second-order valence-electron chi connectivity index (χ2n) is 7.99. The molecule has 0 aromatic heterocycles. The molecule has 0 amide bonds. The summed E-state index contributed by atoms with van der Waals surface area (Å²) >= 11 is 0. The first-order valence-electron chi connectivity index (χ1n) is 11.9. The molecule has 0 saturated carbocycles. The van der Waals surface area contributed by atoms with E-state index >= 15 is 0 Å². The summed E-state index contributed by atoms with van der Waals surface area (Å²) in [5.41, 5.74) is 0. The first-order valence-corrected chi connectivity index (χ1v) is 11.9. The fraction of sp³-hybridized carbons (Fsp3) is 0.875. The van der Waals surface area contributed by atoms with Crippen molar-refractivity contribution in [2.75, 3.05) is 6.61 Å². The van der Waals surface area contributed by atoms with Crippen LogP contribution < -0.4 is 0 Å². The van der Waals surface area contributed by atoms with Crippen LogP contribution in [0.2, 0.25) is 0 Å². The minimum absolute atomic E-state index is 0. The van der Waals surface area contributed by atoms with Gasteiger partial charge in [-0.2, -0.15) is 0 Å². The van der Waals surface area contributed by atoms with Gasteiger partial charge in [0.1, 0.15) is 0 Å². The molecule has 0 aliphatic heterocycles. The fourth-order valence-corrected chi connectivity index (χ4v) is 3.33. The molecule has 0 rings (SSSR count). The Bertz CT molecular complexity index is 426. The van der Waals surface area contributed by atoms with Crippen LogP contribution in [-0.2, 0) is 23.9 Å². The molecule has 0 aromatic carbocycles. The molecule has 0 radical (unpaired) electrons. The minimum atomic E-state index is -0.611. The van der Waals surface area contributed by atoms with E-state index in [0.29, 0.717) is 12.8 Å². The Balaban J connectivity index is 0. The number of rotatable bonds is 20. The third kappa shape index (κ3) is 25.9. The van der Waals surface area contributed by atoms with Gasteiger partial charge in [-0.15, -0.1) is 0 Å². The third-order valence-electron chi connectivity index (χ3n) is 5.03. The zero-order valence-electron chi connectivity index (χ0n) is 19.0. The number of carbonyl (C=O) groups is 3. The Morgan fingerprint density at radius 3 is 1.40 bits per heavy atom. The standard InChI is InChI=1S/C24H44O5.Ca.2H/c1-3-4-5-6-7-8-9-10-11-12-13-14-15-16-17-19-23(26)28-21-18-20-24(27)29-22(2)25;;;/h3-21H2,1-2H3;;;. The van der Waals surface area contributed by atoms with Crippen LogP contribution in [0.1, 0.15) is 129 Å². The summed E-state index contributed by atoms with van der Waals surface area (Å²) in [5.74, 6) is -1.39. The van der Waals surface area contributed by atoms with Crippen LogP contribution in [0.3, 0.4) is 0 Å². The van der Waals surface area contributed by atoms with Crippen LogP contribution in [0.25, 0.3) is 0 Å². The first kappa shape index (κ1) is 32.1. The van der Waals surface area contributed by atoms with Gasteiger partial charge in [0.05, 0.1) is 6.61 Å². The molecule has 0 N–H and O–H groups in total. The van der Waals surface area contributed by atoms with Crippen molar-refractivity contribution in [2.45, 2.75) is 129 Å². The molecular weight excluding hydrogens is 408 g/mol. The van der Waals surface area contributed by atoms with Crippen LogP contribution >= 0.6 is 0 Å². The molecule has 5 nitrogen and oxygen atoms in total. The van der Waals surface area contributed by atoms with Gasteiger partial charge in [-0.3, -0.25) is 14.4 Å². The zero-order valence-corrected chi connectivity index (χ0v) is 19.0. The molecule has 6 heteroatoms. The topological polar surface area (TPSA) is 69.7 Å². The van der Waals surface area contributed by atoms with Crippen molar-refractivity contribution in [3.05, 3.63) is 0 Å². The summed E-state index contributed by atoms with van der Waals surface area (Å²) in [6.45, 7) is 3.65. The summed E-state index contributed by atoms with van der Waals surface area (Å²) in [5, 5.41) is 0. The quantitative estimate of drug-likeness (QED) is 0.101. The zero-order chi connectivity index (χ0) is 21.6. The van der Waals surface area contributed by atoms with Gasteiger partial charge >= 0.3 is 55.6 Å². The first-order chi connectivity index (χ1) is 14.1. The predicted octanol–water partition coefficient (Wildman–Crippen LogP) is 5.74. The van der Waals surface area contributed by atoms with Gasteiger partial charge in [-0.05, 0) is 12.8 Å². The van der Waals surface area contributed by atoms with E-state index in [-0.39, 0.29) is 56.7 Å². The summed E-state index contributed by atoms with van der Waals surface area (Å²) in [6.07, 6.45) is 20.4. The van der Waals surface area contributed by atoms with Gasteiger partial charge in [0.15, 0.2) is 0 Å². The Kier molecular flexibility index (Phi) is 26.9. The average Bonchev–Trinajstić information content (AvgIpc) is 2.67. The van der Waals surface area contributed by atoms with Crippen molar-refractivity contribution in [1.82, 2.24) is 0 Å². The second kappa shape index (κ2) is 25.1. The van der Waals surface area contributed by atoms with Crippen molar-refractivity contribution < 1.29 is 23.9 Å². The number of unbranched alkanes of at least 4 members (excludes halogenated alkanes) is 14. The number of carbonyl (C=O) groups excluding carboxylic acids is 3. The Morgan fingerprint density at radius 1 is 0.567 bits per heavy atom. The summed E-state index contributed by atoms with van der Waals surface area (Å²) in [4.78, 5) is 33.3. The van der Waals surface area contributed by atoms with Crippen molar-refractivity contribution in [1.29, 1.82) is 0 Å². The van der Waals surface area contributed by atoms with Crippen LogP contribution in [0.5, 0.6) is 0 Å². The van der Waals surface area contributed by atoms with Gasteiger partial charge in [0.2, 0.25) is 0 Å². The maximum absolute atomic E-state index is 11.6. The molecule has 0 aromatic rings. The number of hydrogen-bond acceptors (Lipinski definition) is 5. The van der Waals surface area contributed by atoms with Crippen LogP contribution in [0.4, 0.5) is 0 Å². The summed E-state index contributed by atoms with van der Waals surface area (Å²) in [6, 6.07) is 0. The predicted molar refractivity (Wildman–Crippen MR) is 125 cm³/mol. The summed E-state index contributed by atoms with van der Waals surface area (Å²) in [7, 11) is 0. The van der Waals surface area contributed by atoms with E-state index in [1.54, 1.807) is 0 Å². The van der Waals surface area contributed by atoms with E-state index in [1.165, 1.54) is 90.4 Å². The number of esters is 3. The normalized spacial score (nSPS) is 10.3. The summed E-state index contributed by atoms with van der Waals surface area (Å²) < 4.78 is 9.48. The van der Waals surface area contributed by atoms with Crippen LogP contribution in [0.15, 0.2) is 0 Å². The van der Waals surface area contributed by atoms with E-state index in [9.17, 15) is 14.4 Å². The molecule has 30 heavy (non-hydrogen) atoms. The van der Waals surface area contributed by atoms with Crippen LogP contribution in [-0.4, -0.2) is 62.3 Å². The Hall–Kier alpha value is -0.130. The molecule has 0 heterocycles. The van der Waals surface area contributed by atoms with Gasteiger partial charge < -0.3 is 9.47 Å². The van der Waals surface area contributed by atoms with Crippen molar-refractivity contribution in [3.8, 4) is 0 Å². The van der Waals surface area contributed by atoms with Gasteiger partial charge in [0, 0.05) is 19.8 Å². The molecule has 0 atom stereocenters. The fourth-order valence-electron chi connectivity index (χ4n) is 3.33. The monoisotopic (exact) mass is 454 g/mol. The molecular formula is C24H46CaO5. The van der Waals surface area contributed by atoms with E-state index in [0.717, 1.165) is 12.8 Å². The van der Waals surface area contributed by atoms with Gasteiger partial charge in [-0.1, -0.05) is 96.8 Å². The SMILES string of the molecule is CCCCCCCCCCCCCCCCCC(=O)OCCCC(=O)OC(C)=O.[CaH2]. The average molecular weight is 455 g/mol.